The molecule has 168 valence electrons. The highest BCUT2D eigenvalue weighted by Crippen LogP contribution is 2.30. The molecular weight excluding hydrogens is 464 g/mol. The summed E-state index contributed by atoms with van der Waals surface area (Å²) in [5.74, 6) is -1.66. The molecular formula is C23H19ClN4O4S. The van der Waals surface area contributed by atoms with Crippen molar-refractivity contribution in [3.05, 3.63) is 81.3 Å². The molecule has 4 aromatic rings. The van der Waals surface area contributed by atoms with E-state index in [0.29, 0.717) is 27.7 Å². The van der Waals surface area contributed by atoms with Crippen LogP contribution in [0.2, 0.25) is 5.02 Å². The lowest BCUT2D eigenvalue weighted by atomic mass is 10.2. The second-order valence-electron chi connectivity index (χ2n) is 7.23. The Bertz CT molecular complexity index is 1360. The van der Waals surface area contributed by atoms with Gasteiger partial charge in [0.15, 0.2) is 6.61 Å². The number of ether oxygens (including phenoxy) is 1. The third-order valence-electron chi connectivity index (χ3n) is 4.87. The number of nitrogens with one attached hydrogen (secondary N) is 1. The number of nitrogens with two attached hydrogens (primary N) is 1. The van der Waals surface area contributed by atoms with Crippen molar-refractivity contribution < 1.29 is 19.1 Å². The molecule has 0 saturated carbocycles. The van der Waals surface area contributed by atoms with Crippen molar-refractivity contribution in [1.29, 1.82) is 0 Å². The number of amides is 2. The number of hydrogen-bond donors (Lipinski definition) is 2. The van der Waals surface area contributed by atoms with E-state index in [2.05, 4.69) is 10.4 Å². The number of primary amides is 1. The number of aromatic nitrogens is 2. The smallest absolute Gasteiger partial charge is 0.348 e. The SMILES string of the molecule is Cc1nn(Cc2ccccc2Cl)c2sc(C(=O)OCC(=O)Nc3ccc(C(N)=O)cc3)cc12. The van der Waals surface area contributed by atoms with Crippen LogP contribution in [0.4, 0.5) is 5.69 Å². The third kappa shape index (κ3) is 5.05. The largest absolute Gasteiger partial charge is 0.451 e. The van der Waals surface area contributed by atoms with Gasteiger partial charge in [-0.25, -0.2) is 4.79 Å². The Labute approximate surface area is 197 Å². The fourth-order valence-electron chi connectivity index (χ4n) is 3.23. The average Bonchev–Trinajstić information content (AvgIpc) is 3.35. The molecule has 33 heavy (non-hydrogen) atoms. The summed E-state index contributed by atoms with van der Waals surface area (Å²) < 4.78 is 6.98. The van der Waals surface area contributed by atoms with Crippen molar-refractivity contribution in [1.82, 2.24) is 9.78 Å². The topological polar surface area (TPSA) is 116 Å². The van der Waals surface area contributed by atoms with E-state index in [-0.39, 0.29) is 0 Å². The Balaban J connectivity index is 1.41. The van der Waals surface area contributed by atoms with Crippen molar-refractivity contribution in [3.63, 3.8) is 0 Å². The third-order valence-corrected chi connectivity index (χ3v) is 6.37. The molecule has 4 rings (SSSR count). The van der Waals surface area contributed by atoms with Crippen LogP contribution >= 0.6 is 22.9 Å². The van der Waals surface area contributed by atoms with E-state index in [4.69, 9.17) is 22.1 Å². The van der Waals surface area contributed by atoms with E-state index < -0.39 is 24.4 Å². The van der Waals surface area contributed by atoms with Crippen molar-refractivity contribution >= 4 is 56.6 Å². The van der Waals surface area contributed by atoms with E-state index in [1.165, 1.54) is 23.5 Å². The molecule has 0 aliphatic carbocycles. The lowest BCUT2D eigenvalue weighted by molar-refractivity contribution is -0.119. The quantitative estimate of drug-likeness (QED) is 0.386. The normalized spacial score (nSPS) is 10.8. The second kappa shape index (κ2) is 9.43. The lowest BCUT2D eigenvalue weighted by Crippen LogP contribution is -2.20. The average molecular weight is 483 g/mol. The van der Waals surface area contributed by atoms with E-state index in [0.717, 1.165) is 21.5 Å². The maximum absolute atomic E-state index is 12.5. The van der Waals surface area contributed by atoms with Crippen LogP contribution < -0.4 is 11.1 Å². The summed E-state index contributed by atoms with van der Waals surface area (Å²) in [6.45, 7) is 1.88. The van der Waals surface area contributed by atoms with Gasteiger partial charge in [-0.2, -0.15) is 5.10 Å². The van der Waals surface area contributed by atoms with Crippen molar-refractivity contribution in [2.24, 2.45) is 5.73 Å². The summed E-state index contributed by atoms with van der Waals surface area (Å²) in [6, 6.07) is 15.3. The van der Waals surface area contributed by atoms with Crippen LogP contribution in [0.5, 0.6) is 0 Å². The van der Waals surface area contributed by atoms with Crippen molar-refractivity contribution in [3.8, 4) is 0 Å². The van der Waals surface area contributed by atoms with E-state index in [9.17, 15) is 14.4 Å². The molecule has 0 aliphatic heterocycles. The van der Waals surface area contributed by atoms with Gasteiger partial charge in [-0.15, -0.1) is 11.3 Å². The van der Waals surface area contributed by atoms with E-state index in [1.54, 1.807) is 22.9 Å². The van der Waals surface area contributed by atoms with Gasteiger partial charge in [-0.3, -0.25) is 14.3 Å². The highest BCUT2D eigenvalue weighted by Gasteiger charge is 2.19. The highest BCUT2D eigenvalue weighted by molar-refractivity contribution is 7.20. The number of nitrogens with zero attached hydrogens (tertiary/aromatic N) is 2. The van der Waals surface area contributed by atoms with Crippen LogP contribution in [0, 0.1) is 6.92 Å². The minimum atomic E-state index is -0.598. The number of fused-ring (bicyclic) bond motifs is 1. The second-order valence-corrected chi connectivity index (χ2v) is 8.67. The molecule has 0 bridgehead atoms. The van der Waals surface area contributed by atoms with Gasteiger partial charge < -0.3 is 15.8 Å². The molecule has 0 atom stereocenters. The van der Waals surface area contributed by atoms with Crippen LogP contribution in [0.3, 0.4) is 0 Å². The van der Waals surface area contributed by atoms with Crippen molar-refractivity contribution in [2.75, 3.05) is 11.9 Å². The number of aryl methyl sites for hydroxylation is 1. The number of carbonyl (C=O) groups is 3. The number of hydrogen-bond acceptors (Lipinski definition) is 6. The number of esters is 1. The Kier molecular flexibility index (Phi) is 6.43. The molecule has 2 aromatic heterocycles. The first kappa shape index (κ1) is 22.5. The van der Waals surface area contributed by atoms with Crippen molar-refractivity contribution in [2.45, 2.75) is 13.5 Å². The van der Waals surface area contributed by atoms with Gasteiger partial charge in [0.2, 0.25) is 5.91 Å². The number of thiophene rings is 1. The van der Waals surface area contributed by atoms with Crippen LogP contribution in [0.1, 0.15) is 31.3 Å². The zero-order valence-corrected chi connectivity index (χ0v) is 19.1. The zero-order chi connectivity index (χ0) is 23.5. The molecule has 0 fully saturated rings. The first-order valence-corrected chi connectivity index (χ1v) is 11.1. The number of carbonyl (C=O) groups excluding carboxylic acids is 3. The Hall–Kier alpha value is -3.69. The fraction of sp³-hybridized carbons (Fsp3) is 0.130. The van der Waals surface area contributed by atoms with Gasteiger partial charge >= 0.3 is 5.97 Å². The zero-order valence-electron chi connectivity index (χ0n) is 17.5. The monoisotopic (exact) mass is 482 g/mol. The molecule has 0 spiro atoms. The molecule has 0 unspecified atom stereocenters. The summed E-state index contributed by atoms with van der Waals surface area (Å²) >= 11 is 7.51. The molecule has 0 saturated heterocycles. The maximum Gasteiger partial charge on any atom is 0.348 e. The first-order chi connectivity index (χ1) is 15.8. The molecule has 2 amide bonds. The number of halogens is 1. The maximum atomic E-state index is 12.5. The van der Waals surface area contributed by atoms with E-state index >= 15 is 0 Å². The van der Waals surface area contributed by atoms with Crippen LogP contribution in [-0.4, -0.2) is 34.2 Å². The summed E-state index contributed by atoms with van der Waals surface area (Å²) in [7, 11) is 0. The number of benzene rings is 2. The van der Waals surface area contributed by atoms with E-state index in [1.807, 2.05) is 31.2 Å². The molecule has 0 radical (unpaired) electrons. The number of rotatable bonds is 7. The molecule has 3 N–H and O–H groups in total. The van der Waals surface area contributed by atoms with Gasteiger partial charge in [-0.05, 0) is 48.9 Å². The Morgan fingerprint density at radius 3 is 2.58 bits per heavy atom. The highest BCUT2D eigenvalue weighted by atomic mass is 35.5. The van der Waals surface area contributed by atoms with Crippen LogP contribution in [0.25, 0.3) is 10.2 Å². The first-order valence-electron chi connectivity index (χ1n) is 9.89. The lowest BCUT2D eigenvalue weighted by Gasteiger charge is -2.06. The minimum Gasteiger partial charge on any atom is -0.451 e. The number of anilines is 1. The van der Waals surface area contributed by atoms with Gasteiger partial charge in [-0.1, -0.05) is 29.8 Å². The van der Waals surface area contributed by atoms with Gasteiger partial charge in [0.05, 0.1) is 12.2 Å². The molecule has 2 heterocycles. The van der Waals surface area contributed by atoms with Crippen LogP contribution in [0.15, 0.2) is 54.6 Å². The molecule has 8 nitrogen and oxygen atoms in total. The Morgan fingerprint density at radius 2 is 1.88 bits per heavy atom. The summed E-state index contributed by atoms with van der Waals surface area (Å²) in [6.07, 6.45) is 0. The summed E-state index contributed by atoms with van der Waals surface area (Å²) in [5.41, 5.74) is 7.67. The fourth-order valence-corrected chi connectivity index (χ4v) is 4.48. The predicted molar refractivity (Wildman–Crippen MR) is 127 cm³/mol. The standard InChI is InChI=1S/C23H19ClN4O4S/c1-13-17-10-19(33-22(17)28(27-13)11-15-4-2-3-5-18(15)24)23(31)32-12-20(29)26-16-8-6-14(7-9-16)21(25)30/h2-10H,11-12H2,1H3,(H2,25,30)(H,26,29). The van der Waals surface area contributed by atoms with Gasteiger partial charge in [0.25, 0.3) is 5.91 Å². The minimum absolute atomic E-state index is 0.326. The van der Waals surface area contributed by atoms with Crippen LogP contribution in [-0.2, 0) is 16.1 Å². The molecule has 0 aliphatic rings. The summed E-state index contributed by atoms with van der Waals surface area (Å²) in [5, 5.41) is 8.63. The molecule has 2 aromatic carbocycles. The summed E-state index contributed by atoms with van der Waals surface area (Å²) in [4.78, 5) is 37.0. The Morgan fingerprint density at radius 1 is 1.15 bits per heavy atom. The predicted octanol–water partition coefficient (Wildman–Crippen LogP) is 4.00. The van der Waals surface area contributed by atoms with Gasteiger partial charge in [0.1, 0.15) is 9.71 Å². The van der Waals surface area contributed by atoms with Gasteiger partial charge in [0, 0.05) is 21.7 Å². The molecule has 10 heteroatoms.